The summed E-state index contributed by atoms with van der Waals surface area (Å²) >= 11 is 0. The molecule has 0 saturated heterocycles. The lowest BCUT2D eigenvalue weighted by molar-refractivity contribution is 0.0748. The second-order valence-corrected chi connectivity index (χ2v) is 8.84. The normalized spacial score (nSPS) is 36.3. The van der Waals surface area contributed by atoms with Gasteiger partial charge in [-0.15, -0.1) is 0 Å². The Morgan fingerprint density at radius 1 is 0.864 bits per heavy atom. The van der Waals surface area contributed by atoms with E-state index in [2.05, 4.69) is 10.6 Å². The number of amides is 2. The number of carbonyl (C=O) groups is 1. The van der Waals surface area contributed by atoms with Crippen molar-refractivity contribution in [1.82, 2.24) is 10.6 Å². The number of hydrogen-bond acceptors (Lipinski definition) is 1. The van der Waals surface area contributed by atoms with Crippen molar-refractivity contribution >= 4 is 6.03 Å². The number of nitrogens with one attached hydrogen (secondary N) is 2. The molecule has 0 radical (unpaired) electrons. The van der Waals surface area contributed by atoms with Crippen LogP contribution in [0.3, 0.4) is 0 Å². The van der Waals surface area contributed by atoms with Crippen LogP contribution in [0.2, 0.25) is 0 Å². The zero-order valence-electron chi connectivity index (χ0n) is 13.9. The molecule has 2 N–H and O–H groups in total. The first kappa shape index (κ1) is 14.8. The monoisotopic (exact) mass is 304 g/mol. The highest BCUT2D eigenvalue weighted by atomic mass is 16.2. The molecular weight excluding hydrogens is 272 g/mol. The Hall–Kier alpha value is -0.730. The molecule has 4 aliphatic carbocycles. The van der Waals surface area contributed by atoms with E-state index in [9.17, 15) is 4.79 Å². The van der Waals surface area contributed by atoms with Crippen LogP contribution in [0, 0.1) is 29.1 Å². The van der Waals surface area contributed by atoms with Gasteiger partial charge < -0.3 is 10.6 Å². The fraction of sp³-hybridized carbons (Fsp3) is 0.947. The Morgan fingerprint density at radius 3 is 2.23 bits per heavy atom. The molecule has 4 rings (SSSR count). The third kappa shape index (κ3) is 3.28. The lowest BCUT2D eigenvalue weighted by Gasteiger charge is -2.44. The minimum atomic E-state index is 0.0718. The summed E-state index contributed by atoms with van der Waals surface area (Å²) < 4.78 is 0. The van der Waals surface area contributed by atoms with Crippen molar-refractivity contribution in [2.75, 3.05) is 13.1 Å². The summed E-state index contributed by atoms with van der Waals surface area (Å²) in [5, 5.41) is 6.23. The van der Waals surface area contributed by atoms with Crippen LogP contribution in [-0.4, -0.2) is 19.1 Å². The molecule has 1 spiro atoms. The largest absolute Gasteiger partial charge is 0.338 e. The first-order chi connectivity index (χ1) is 10.7. The highest BCUT2D eigenvalue weighted by Crippen LogP contribution is 2.57. The number of urea groups is 1. The number of hydrogen-bond donors (Lipinski definition) is 2. The van der Waals surface area contributed by atoms with Gasteiger partial charge in [0.1, 0.15) is 0 Å². The molecule has 1 atom stereocenters. The Morgan fingerprint density at radius 2 is 1.59 bits per heavy atom. The van der Waals surface area contributed by atoms with Crippen LogP contribution in [0.1, 0.15) is 70.6 Å². The predicted octanol–water partition coefficient (Wildman–Crippen LogP) is 4.08. The van der Waals surface area contributed by atoms with Gasteiger partial charge in [-0.3, -0.25) is 0 Å². The standard InChI is InChI=1S/C19H32N2O/c22-18(20-12-14-3-2-6-19(11-14)7-8-19)21-13-15-9-17(10-15)16-4-1-5-16/h14-17H,1-13H2,(H2,20,21,22). The smallest absolute Gasteiger partial charge is 0.314 e. The molecule has 124 valence electrons. The van der Waals surface area contributed by atoms with Crippen LogP contribution in [0.15, 0.2) is 0 Å². The third-order valence-electron chi connectivity index (χ3n) is 7.19. The van der Waals surface area contributed by atoms with Gasteiger partial charge in [0, 0.05) is 13.1 Å². The van der Waals surface area contributed by atoms with Gasteiger partial charge in [0.15, 0.2) is 0 Å². The second-order valence-electron chi connectivity index (χ2n) is 8.84. The summed E-state index contributed by atoms with van der Waals surface area (Å²) in [4.78, 5) is 12.0. The summed E-state index contributed by atoms with van der Waals surface area (Å²) in [5.74, 6) is 3.50. The Kier molecular flexibility index (Phi) is 4.08. The minimum absolute atomic E-state index is 0.0718. The molecule has 0 aromatic carbocycles. The minimum Gasteiger partial charge on any atom is -0.338 e. The Bertz CT molecular complexity index is 408. The van der Waals surface area contributed by atoms with Gasteiger partial charge in [-0.05, 0) is 74.0 Å². The topological polar surface area (TPSA) is 41.1 Å². The molecule has 4 aliphatic rings. The highest BCUT2D eigenvalue weighted by Gasteiger charge is 2.45. The van der Waals surface area contributed by atoms with Crippen molar-refractivity contribution < 1.29 is 4.79 Å². The van der Waals surface area contributed by atoms with Gasteiger partial charge in [-0.2, -0.15) is 0 Å². The molecule has 0 bridgehead atoms. The molecule has 4 saturated carbocycles. The maximum atomic E-state index is 12.0. The molecule has 3 nitrogen and oxygen atoms in total. The Balaban J connectivity index is 1.08. The fourth-order valence-corrected chi connectivity index (χ4v) is 5.17. The summed E-state index contributed by atoms with van der Waals surface area (Å²) in [6.07, 6.45) is 15.5. The molecule has 0 aromatic heterocycles. The maximum Gasteiger partial charge on any atom is 0.314 e. The van der Waals surface area contributed by atoms with Crippen molar-refractivity contribution in [3.05, 3.63) is 0 Å². The first-order valence-electron chi connectivity index (χ1n) is 9.74. The maximum absolute atomic E-state index is 12.0. The van der Waals surface area contributed by atoms with Gasteiger partial charge in [0.2, 0.25) is 0 Å². The van der Waals surface area contributed by atoms with Crippen molar-refractivity contribution in [3.8, 4) is 0 Å². The van der Waals surface area contributed by atoms with Crippen LogP contribution in [-0.2, 0) is 0 Å². The van der Waals surface area contributed by atoms with Crippen LogP contribution in [0.5, 0.6) is 0 Å². The number of rotatable bonds is 5. The van der Waals surface area contributed by atoms with E-state index in [1.807, 2.05) is 0 Å². The molecule has 0 heterocycles. The van der Waals surface area contributed by atoms with Crippen molar-refractivity contribution in [1.29, 1.82) is 0 Å². The molecule has 22 heavy (non-hydrogen) atoms. The van der Waals surface area contributed by atoms with E-state index in [1.54, 1.807) is 0 Å². The molecule has 1 unspecified atom stereocenters. The van der Waals surface area contributed by atoms with Gasteiger partial charge in [-0.25, -0.2) is 4.79 Å². The lowest BCUT2D eigenvalue weighted by Crippen LogP contribution is -2.44. The second kappa shape index (κ2) is 6.05. The van der Waals surface area contributed by atoms with Gasteiger partial charge >= 0.3 is 6.03 Å². The molecule has 4 fully saturated rings. The van der Waals surface area contributed by atoms with E-state index in [0.29, 0.717) is 5.41 Å². The molecular formula is C19H32N2O. The van der Waals surface area contributed by atoms with E-state index < -0.39 is 0 Å². The van der Waals surface area contributed by atoms with E-state index in [4.69, 9.17) is 0 Å². The summed E-state index contributed by atoms with van der Waals surface area (Å²) in [6.45, 7) is 1.78. The molecule has 3 heteroatoms. The van der Waals surface area contributed by atoms with Crippen LogP contribution >= 0.6 is 0 Å². The van der Waals surface area contributed by atoms with E-state index in [-0.39, 0.29) is 6.03 Å². The predicted molar refractivity (Wildman–Crippen MR) is 88.6 cm³/mol. The van der Waals surface area contributed by atoms with Crippen LogP contribution in [0.4, 0.5) is 4.79 Å². The first-order valence-corrected chi connectivity index (χ1v) is 9.74. The highest BCUT2D eigenvalue weighted by molar-refractivity contribution is 5.73. The third-order valence-corrected chi connectivity index (χ3v) is 7.19. The van der Waals surface area contributed by atoms with E-state index in [1.165, 1.54) is 70.6 Å². The van der Waals surface area contributed by atoms with Gasteiger partial charge in [0.05, 0.1) is 0 Å². The van der Waals surface area contributed by atoms with Gasteiger partial charge in [-0.1, -0.05) is 25.7 Å². The average molecular weight is 304 g/mol. The average Bonchev–Trinajstić information content (AvgIpc) is 3.15. The van der Waals surface area contributed by atoms with Crippen molar-refractivity contribution in [2.45, 2.75) is 70.6 Å². The van der Waals surface area contributed by atoms with Gasteiger partial charge in [0.25, 0.3) is 0 Å². The molecule has 0 aromatic rings. The van der Waals surface area contributed by atoms with Crippen LogP contribution in [0.25, 0.3) is 0 Å². The summed E-state index contributed by atoms with van der Waals surface area (Å²) in [6, 6.07) is 0.0718. The SMILES string of the molecule is O=C(NCC1CC(C2CCC2)C1)NCC1CCCC2(CC2)C1. The molecule has 2 amide bonds. The number of carbonyl (C=O) groups excluding carboxylic acids is 1. The van der Waals surface area contributed by atoms with Crippen molar-refractivity contribution in [2.24, 2.45) is 29.1 Å². The lowest BCUT2D eigenvalue weighted by atomic mass is 9.62. The van der Waals surface area contributed by atoms with Crippen molar-refractivity contribution in [3.63, 3.8) is 0 Å². The van der Waals surface area contributed by atoms with E-state index >= 15 is 0 Å². The quantitative estimate of drug-likeness (QED) is 0.789. The summed E-state index contributed by atoms with van der Waals surface area (Å²) in [7, 11) is 0. The van der Waals surface area contributed by atoms with E-state index in [0.717, 1.165) is 36.8 Å². The Labute approximate surface area is 135 Å². The zero-order valence-corrected chi connectivity index (χ0v) is 13.9. The summed E-state index contributed by atoms with van der Waals surface area (Å²) in [5.41, 5.74) is 0.712. The fourth-order valence-electron chi connectivity index (χ4n) is 5.17. The van der Waals surface area contributed by atoms with Crippen LogP contribution < -0.4 is 10.6 Å². The molecule has 0 aliphatic heterocycles. The zero-order chi connectivity index (χ0) is 15.0.